The van der Waals surface area contributed by atoms with E-state index in [0.29, 0.717) is 17.4 Å². The molecule has 0 rings (SSSR count). The van der Waals surface area contributed by atoms with Gasteiger partial charge >= 0.3 is 11.9 Å². The van der Waals surface area contributed by atoms with Crippen LogP contribution in [0.25, 0.3) is 0 Å². The Hall–Kier alpha value is -4.83. The van der Waals surface area contributed by atoms with E-state index in [1.807, 2.05) is 21.1 Å². The lowest BCUT2D eigenvalue weighted by Crippen LogP contribution is -2.44. The van der Waals surface area contributed by atoms with Crippen LogP contribution in [0, 0.1) is 0 Å². The van der Waals surface area contributed by atoms with Crippen LogP contribution in [0.1, 0.15) is 245 Å². The third kappa shape index (κ3) is 64.6. The van der Waals surface area contributed by atoms with Crippen molar-refractivity contribution >= 4 is 17.9 Å². The minimum absolute atomic E-state index is 0.138. The number of hydrogen-bond donors (Lipinski definition) is 0. The van der Waals surface area contributed by atoms with Crippen molar-refractivity contribution in [3.05, 3.63) is 146 Å². The van der Waals surface area contributed by atoms with Crippen LogP contribution in [0.5, 0.6) is 0 Å². The Bertz CT molecular complexity index is 1870. The molecule has 0 aromatic rings. The summed E-state index contributed by atoms with van der Waals surface area (Å²) >= 11 is 0. The molecule has 0 saturated heterocycles. The number of likely N-dealkylation sites (N-methyl/N-ethyl adjacent to an activating group) is 1. The van der Waals surface area contributed by atoms with Crippen molar-refractivity contribution in [3.8, 4) is 0 Å². The average molecular weight is 1150 g/mol. The number of hydrogen-bond acceptors (Lipinski definition) is 8. The Morgan fingerprint density at radius 3 is 0.964 bits per heavy atom. The Labute approximate surface area is 509 Å². The molecule has 2 atom stereocenters. The summed E-state index contributed by atoms with van der Waals surface area (Å²) in [5, 5.41) is 11.8. The summed E-state index contributed by atoms with van der Waals surface area (Å²) in [6.07, 6.45) is 89.0. The molecular formula is C74H121NO8. The van der Waals surface area contributed by atoms with Crippen molar-refractivity contribution in [2.75, 3.05) is 47.5 Å². The van der Waals surface area contributed by atoms with Crippen molar-refractivity contribution in [2.24, 2.45) is 0 Å². The summed E-state index contributed by atoms with van der Waals surface area (Å²) in [6.45, 7) is 4.50. The fourth-order valence-electron chi connectivity index (χ4n) is 8.60. The smallest absolute Gasteiger partial charge is 0.306 e. The highest BCUT2D eigenvalue weighted by molar-refractivity contribution is 5.70. The first-order chi connectivity index (χ1) is 40.6. The van der Waals surface area contributed by atoms with Gasteiger partial charge in [0.15, 0.2) is 12.4 Å². The molecule has 0 aliphatic carbocycles. The largest absolute Gasteiger partial charge is 0.545 e. The summed E-state index contributed by atoms with van der Waals surface area (Å²) < 4.78 is 22.8. The van der Waals surface area contributed by atoms with E-state index in [1.165, 1.54) is 89.9 Å². The van der Waals surface area contributed by atoms with Gasteiger partial charge in [0.2, 0.25) is 0 Å². The van der Waals surface area contributed by atoms with Crippen LogP contribution >= 0.6 is 0 Å². The van der Waals surface area contributed by atoms with Crippen LogP contribution in [-0.2, 0) is 33.3 Å². The average Bonchev–Trinajstić information content (AvgIpc) is 3.46. The number of unbranched alkanes of at least 4 members (excludes halogenated alkanes) is 20. The number of rotatable bonds is 59. The first kappa shape index (κ1) is 78.2. The van der Waals surface area contributed by atoms with E-state index in [-0.39, 0.29) is 38.6 Å². The molecule has 0 fully saturated rings. The maximum Gasteiger partial charge on any atom is 0.306 e. The van der Waals surface area contributed by atoms with Crippen molar-refractivity contribution in [3.63, 3.8) is 0 Å². The van der Waals surface area contributed by atoms with Crippen molar-refractivity contribution in [1.29, 1.82) is 0 Å². The molecule has 0 saturated carbocycles. The number of esters is 2. The number of allylic oxidation sites excluding steroid dienone is 24. The van der Waals surface area contributed by atoms with E-state index < -0.39 is 24.3 Å². The lowest BCUT2D eigenvalue weighted by atomic mass is 10.0. The van der Waals surface area contributed by atoms with Gasteiger partial charge in [0.25, 0.3) is 0 Å². The van der Waals surface area contributed by atoms with E-state index >= 15 is 0 Å². The van der Waals surface area contributed by atoms with Gasteiger partial charge in [0, 0.05) is 12.8 Å². The second kappa shape index (κ2) is 63.2. The lowest BCUT2D eigenvalue weighted by Gasteiger charge is -2.26. The number of carbonyl (C=O) groups excluding carboxylic acids is 3. The van der Waals surface area contributed by atoms with Crippen molar-refractivity contribution < 1.29 is 42.9 Å². The lowest BCUT2D eigenvalue weighted by molar-refractivity contribution is -0.870. The summed E-state index contributed by atoms with van der Waals surface area (Å²) in [5.41, 5.74) is 0. The molecule has 9 nitrogen and oxygen atoms in total. The quantitative estimate of drug-likeness (QED) is 0.0195. The summed E-state index contributed by atoms with van der Waals surface area (Å²) in [6, 6.07) is 0. The molecule has 0 amide bonds. The summed E-state index contributed by atoms with van der Waals surface area (Å²) in [4.78, 5) is 37.5. The monoisotopic (exact) mass is 1150 g/mol. The standard InChI is InChI=1S/C74H121NO8/c1-6-8-10-12-14-16-18-20-22-24-26-28-30-32-33-34-35-36-37-38-39-41-43-45-47-49-51-53-55-57-59-61-63-65-72(77)83-70(69-82-74(73(78)79)80-67-66-75(3,4)5)68-81-71(76)64-62-60-58-56-54-52-50-48-46-44-42-40-31-29-27-25-23-21-19-17-15-13-11-9-7-2/h8-11,14-17,20-23,26-29,32-33,35-36,38-39,43,45,70,74H,6-7,12-13,18-19,24-25,30-31,34,37,40-42,44,46-69H2,1-5H3/b10-8-,11-9-,16-14-,17-15-,22-20-,23-21-,28-26-,29-27-,33-32-,36-35-,39-38-,45-43-. The normalized spacial score (nSPS) is 13.7. The minimum atomic E-state index is -1.63. The van der Waals surface area contributed by atoms with Crippen molar-refractivity contribution in [2.45, 2.75) is 257 Å². The molecule has 2 unspecified atom stereocenters. The van der Waals surface area contributed by atoms with E-state index in [9.17, 15) is 19.5 Å². The Kier molecular flexibility index (Phi) is 59.5. The molecule has 0 aliphatic rings. The first-order valence-corrected chi connectivity index (χ1v) is 33.0. The van der Waals surface area contributed by atoms with Gasteiger partial charge in [-0.05, 0) is 116 Å². The molecule has 0 aliphatic heterocycles. The third-order valence-electron chi connectivity index (χ3n) is 13.6. The van der Waals surface area contributed by atoms with Crippen LogP contribution in [0.15, 0.2) is 146 Å². The van der Waals surface area contributed by atoms with Gasteiger partial charge < -0.3 is 33.3 Å². The van der Waals surface area contributed by atoms with Crippen LogP contribution in [-0.4, -0.2) is 82.3 Å². The zero-order valence-electron chi connectivity index (χ0n) is 53.5. The maximum absolute atomic E-state index is 12.9. The van der Waals surface area contributed by atoms with Gasteiger partial charge in [-0.15, -0.1) is 0 Å². The van der Waals surface area contributed by atoms with E-state index in [1.54, 1.807) is 0 Å². The number of carboxylic acids is 1. The fraction of sp³-hybridized carbons (Fsp3) is 0.635. The number of carbonyl (C=O) groups is 3. The summed E-state index contributed by atoms with van der Waals surface area (Å²) in [5.74, 6) is -2.31. The zero-order chi connectivity index (χ0) is 60.5. The number of ether oxygens (including phenoxy) is 4. The maximum atomic E-state index is 12.9. The van der Waals surface area contributed by atoms with Gasteiger partial charge in [-0.2, -0.15) is 0 Å². The molecule has 9 heteroatoms. The van der Waals surface area contributed by atoms with Gasteiger partial charge in [-0.3, -0.25) is 9.59 Å². The van der Waals surface area contributed by atoms with Crippen LogP contribution in [0.4, 0.5) is 0 Å². The third-order valence-corrected chi connectivity index (χ3v) is 13.6. The van der Waals surface area contributed by atoms with Gasteiger partial charge in [-0.1, -0.05) is 262 Å². The van der Waals surface area contributed by atoms with E-state index in [0.717, 1.165) is 122 Å². The molecule has 0 radical (unpaired) electrons. The second-order valence-electron chi connectivity index (χ2n) is 22.6. The molecule has 0 heterocycles. The molecule has 0 aromatic carbocycles. The molecule has 470 valence electrons. The Morgan fingerprint density at radius 1 is 0.361 bits per heavy atom. The fourth-order valence-corrected chi connectivity index (χ4v) is 8.60. The van der Waals surface area contributed by atoms with Gasteiger partial charge in [0.1, 0.15) is 13.2 Å². The van der Waals surface area contributed by atoms with Crippen LogP contribution in [0.3, 0.4) is 0 Å². The molecule has 0 N–H and O–H groups in total. The van der Waals surface area contributed by atoms with Gasteiger partial charge in [-0.25, -0.2) is 0 Å². The SMILES string of the molecule is CC/C=C\C/C=C\C/C=C\C/C=C\C/C=C\C/C=C\C/C=C\C/C=C\CCCCCCCCCCC(=O)OC(COC(=O)CCCCCCCCCCCCCC/C=C\C/C=C\C/C=C\C/C=C\CC)COC(OCC[N+](C)(C)C)C(=O)[O-]. The summed E-state index contributed by atoms with van der Waals surface area (Å²) in [7, 11) is 5.91. The predicted molar refractivity (Wildman–Crippen MR) is 352 cm³/mol. The molecule has 0 spiro atoms. The number of quaternary nitrogens is 1. The first-order valence-electron chi connectivity index (χ1n) is 33.0. The van der Waals surface area contributed by atoms with E-state index in [2.05, 4.69) is 160 Å². The van der Waals surface area contributed by atoms with Gasteiger partial charge in [0.05, 0.1) is 40.3 Å². The van der Waals surface area contributed by atoms with Crippen molar-refractivity contribution in [1.82, 2.24) is 0 Å². The highest BCUT2D eigenvalue weighted by Crippen LogP contribution is 2.16. The van der Waals surface area contributed by atoms with Crippen LogP contribution < -0.4 is 5.11 Å². The number of carboxylic acid groups (broad SMARTS) is 1. The second-order valence-corrected chi connectivity index (χ2v) is 22.6. The molecule has 0 bridgehead atoms. The zero-order valence-corrected chi connectivity index (χ0v) is 53.5. The number of aliphatic carboxylic acids is 1. The van der Waals surface area contributed by atoms with E-state index in [4.69, 9.17) is 18.9 Å². The Balaban J connectivity index is 4.23. The molecular weight excluding hydrogens is 1030 g/mol. The Morgan fingerprint density at radius 2 is 0.651 bits per heavy atom. The molecule has 83 heavy (non-hydrogen) atoms. The van der Waals surface area contributed by atoms with Crippen LogP contribution in [0.2, 0.25) is 0 Å². The highest BCUT2D eigenvalue weighted by Gasteiger charge is 2.22. The number of nitrogens with zero attached hydrogens (tertiary/aromatic N) is 1. The topological polar surface area (TPSA) is 111 Å². The molecule has 0 aromatic heterocycles. The highest BCUT2D eigenvalue weighted by atomic mass is 16.7. The minimum Gasteiger partial charge on any atom is -0.545 e. The predicted octanol–water partition coefficient (Wildman–Crippen LogP) is 19.0.